The van der Waals surface area contributed by atoms with Gasteiger partial charge in [0.1, 0.15) is 0 Å². The SMILES string of the molecule is CC(NC(=O)CSc1nnc(-c2ccc(Cl)cc2)o1)c1ccc(Cl)cc1Cl. The first-order valence-electron chi connectivity index (χ1n) is 7.89. The molecule has 1 amide bonds. The summed E-state index contributed by atoms with van der Waals surface area (Å²) in [6.45, 7) is 1.85. The summed E-state index contributed by atoms with van der Waals surface area (Å²) in [7, 11) is 0. The molecule has 0 saturated heterocycles. The molecule has 140 valence electrons. The van der Waals surface area contributed by atoms with Gasteiger partial charge in [0.05, 0.1) is 11.8 Å². The minimum atomic E-state index is -0.254. The number of halogens is 3. The number of carbonyl (C=O) groups excluding carboxylic acids is 1. The number of amides is 1. The third-order valence-corrected chi connectivity index (χ3v) is 5.26. The normalized spacial score (nSPS) is 12.0. The number of carbonyl (C=O) groups is 1. The molecule has 1 aromatic heterocycles. The average Bonchev–Trinajstić information content (AvgIpc) is 3.09. The van der Waals surface area contributed by atoms with Crippen LogP contribution in [-0.4, -0.2) is 21.9 Å². The highest BCUT2D eigenvalue weighted by atomic mass is 35.5. The molecule has 0 aliphatic heterocycles. The lowest BCUT2D eigenvalue weighted by molar-refractivity contribution is -0.119. The van der Waals surface area contributed by atoms with Crippen LogP contribution in [0.3, 0.4) is 0 Å². The van der Waals surface area contributed by atoms with Crippen molar-refractivity contribution in [2.45, 2.75) is 18.2 Å². The zero-order valence-corrected chi connectivity index (χ0v) is 17.2. The molecule has 0 aliphatic carbocycles. The molecule has 0 bridgehead atoms. The average molecular weight is 443 g/mol. The smallest absolute Gasteiger partial charge is 0.277 e. The van der Waals surface area contributed by atoms with Gasteiger partial charge in [0.2, 0.25) is 11.8 Å². The molecule has 1 heterocycles. The van der Waals surface area contributed by atoms with E-state index in [0.717, 1.165) is 22.9 Å². The Morgan fingerprint density at radius 2 is 1.81 bits per heavy atom. The van der Waals surface area contributed by atoms with Gasteiger partial charge in [0.25, 0.3) is 5.22 Å². The monoisotopic (exact) mass is 441 g/mol. The fraction of sp³-hybridized carbons (Fsp3) is 0.167. The van der Waals surface area contributed by atoms with Crippen LogP contribution in [0.1, 0.15) is 18.5 Å². The zero-order valence-electron chi connectivity index (χ0n) is 14.1. The second-order valence-electron chi connectivity index (χ2n) is 5.62. The first-order valence-corrected chi connectivity index (χ1v) is 10.0. The molecule has 0 saturated carbocycles. The van der Waals surface area contributed by atoms with Crippen LogP contribution < -0.4 is 5.32 Å². The Labute approximate surface area is 175 Å². The van der Waals surface area contributed by atoms with Crippen LogP contribution in [0.5, 0.6) is 0 Å². The summed E-state index contributed by atoms with van der Waals surface area (Å²) >= 11 is 19.1. The van der Waals surface area contributed by atoms with Crippen LogP contribution in [0, 0.1) is 0 Å². The van der Waals surface area contributed by atoms with Gasteiger partial charge in [-0.25, -0.2) is 0 Å². The van der Waals surface area contributed by atoms with Crippen molar-refractivity contribution in [1.82, 2.24) is 15.5 Å². The summed E-state index contributed by atoms with van der Waals surface area (Å²) in [5.74, 6) is 0.332. The van der Waals surface area contributed by atoms with Crippen molar-refractivity contribution in [1.29, 1.82) is 0 Å². The van der Waals surface area contributed by atoms with Crippen LogP contribution >= 0.6 is 46.6 Å². The Balaban J connectivity index is 1.55. The van der Waals surface area contributed by atoms with E-state index < -0.39 is 0 Å². The van der Waals surface area contributed by atoms with E-state index in [9.17, 15) is 4.79 Å². The summed E-state index contributed by atoms with van der Waals surface area (Å²) in [6, 6.07) is 12.0. The Kier molecular flexibility index (Phi) is 6.65. The van der Waals surface area contributed by atoms with Gasteiger partial charge in [-0.1, -0.05) is 52.6 Å². The van der Waals surface area contributed by atoms with Crippen molar-refractivity contribution < 1.29 is 9.21 Å². The lowest BCUT2D eigenvalue weighted by Gasteiger charge is -2.15. The lowest BCUT2D eigenvalue weighted by atomic mass is 10.1. The third kappa shape index (κ3) is 5.39. The van der Waals surface area contributed by atoms with Crippen LogP contribution in [0.25, 0.3) is 11.5 Å². The molecule has 3 aromatic rings. The van der Waals surface area contributed by atoms with Crippen LogP contribution in [0.2, 0.25) is 15.1 Å². The molecule has 0 fully saturated rings. The predicted molar refractivity (Wildman–Crippen MR) is 108 cm³/mol. The fourth-order valence-corrected chi connectivity index (χ4v) is 3.59. The number of nitrogens with one attached hydrogen (secondary N) is 1. The Bertz CT molecular complexity index is 947. The molecule has 0 radical (unpaired) electrons. The van der Waals surface area contributed by atoms with Gasteiger partial charge in [0.15, 0.2) is 0 Å². The number of rotatable bonds is 6. The second kappa shape index (κ2) is 8.97. The molecule has 0 aliphatic rings. The number of thioether (sulfide) groups is 1. The molecule has 2 aromatic carbocycles. The van der Waals surface area contributed by atoms with Gasteiger partial charge in [-0.3, -0.25) is 4.79 Å². The number of hydrogen-bond donors (Lipinski definition) is 1. The summed E-state index contributed by atoms with van der Waals surface area (Å²) < 4.78 is 5.56. The lowest BCUT2D eigenvalue weighted by Crippen LogP contribution is -2.28. The fourth-order valence-electron chi connectivity index (χ4n) is 2.32. The van der Waals surface area contributed by atoms with E-state index in [1.807, 2.05) is 6.92 Å². The molecule has 1 atom stereocenters. The molecular formula is C18H14Cl3N3O2S. The summed E-state index contributed by atoms with van der Waals surface area (Å²) in [6.07, 6.45) is 0. The number of aromatic nitrogens is 2. The largest absolute Gasteiger partial charge is 0.411 e. The Hall–Kier alpha value is -1.73. The molecule has 9 heteroatoms. The minimum absolute atomic E-state index is 0.137. The summed E-state index contributed by atoms with van der Waals surface area (Å²) in [4.78, 5) is 12.2. The second-order valence-corrected chi connectivity index (χ2v) is 7.83. The Morgan fingerprint density at radius 3 is 2.52 bits per heavy atom. The highest BCUT2D eigenvalue weighted by Crippen LogP contribution is 2.27. The predicted octanol–water partition coefficient (Wildman–Crippen LogP) is 5.67. The molecule has 0 spiro atoms. The topological polar surface area (TPSA) is 68.0 Å². The quantitative estimate of drug-likeness (QED) is 0.498. The molecule has 5 nitrogen and oxygen atoms in total. The van der Waals surface area contributed by atoms with Gasteiger partial charge in [-0.2, -0.15) is 0 Å². The van der Waals surface area contributed by atoms with Crippen molar-refractivity contribution in [3.05, 3.63) is 63.1 Å². The van der Waals surface area contributed by atoms with Crippen LogP contribution in [-0.2, 0) is 4.79 Å². The highest BCUT2D eigenvalue weighted by Gasteiger charge is 2.15. The maximum absolute atomic E-state index is 12.2. The first kappa shape index (κ1) is 20.0. The van der Waals surface area contributed by atoms with E-state index in [4.69, 9.17) is 39.2 Å². The van der Waals surface area contributed by atoms with E-state index in [2.05, 4.69) is 15.5 Å². The number of hydrogen-bond acceptors (Lipinski definition) is 5. The van der Waals surface area contributed by atoms with E-state index in [1.54, 1.807) is 42.5 Å². The van der Waals surface area contributed by atoms with Crippen molar-refractivity contribution in [3.8, 4) is 11.5 Å². The molecular weight excluding hydrogens is 429 g/mol. The van der Waals surface area contributed by atoms with Crippen molar-refractivity contribution in [2.24, 2.45) is 0 Å². The molecule has 1 unspecified atom stereocenters. The van der Waals surface area contributed by atoms with Crippen LogP contribution in [0.15, 0.2) is 52.1 Å². The molecule has 1 N–H and O–H groups in total. The number of benzene rings is 2. The zero-order chi connectivity index (χ0) is 19.4. The third-order valence-electron chi connectivity index (χ3n) is 3.63. The minimum Gasteiger partial charge on any atom is -0.411 e. The standard InChI is InChI=1S/C18H14Cl3N3O2S/c1-10(14-7-6-13(20)8-15(14)21)22-16(25)9-27-18-24-23-17(26-18)11-2-4-12(19)5-3-11/h2-8,10H,9H2,1H3,(H,22,25). The van der Waals surface area contributed by atoms with Gasteiger partial charge in [-0.05, 0) is 48.9 Å². The van der Waals surface area contributed by atoms with E-state index in [0.29, 0.717) is 26.2 Å². The van der Waals surface area contributed by atoms with Gasteiger partial charge in [0, 0.05) is 20.6 Å². The van der Waals surface area contributed by atoms with E-state index in [-0.39, 0.29) is 17.7 Å². The summed E-state index contributed by atoms with van der Waals surface area (Å²) in [5.41, 5.74) is 1.55. The first-order chi connectivity index (χ1) is 12.9. The van der Waals surface area contributed by atoms with Gasteiger partial charge in [-0.15, -0.1) is 10.2 Å². The van der Waals surface area contributed by atoms with E-state index in [1.165, 1.54) is 0 Å². The van der Waals surface area contributed by atoms with Gasteiger partial charge >= 0.3 is 0 Å². The van der Waals surface area contributed by atoms with Gasteiger partial charge < -0.3 is 9.73 Å². The summed E-state index contributed by atoms with van der Waals surface area (Å²) in [5, 5.41) is 12.8. The Morgan fingerprint density at radius 1 is 1.11 bits per heavy atom. The van der Waals surface area contributed by atoms with Crippen LogP contribution in [0.4, 0.5) is 0 Å². The van der Waals surface area contributed by atoms with Crippen molar-refractivity contribution in [2.75, 3.05) is 5.75 Å². The van der Waals surface area contributed by atoms with E-state index >= 15 is 0 Å². The number of nitrogens with zero attached hydrogens (tertiary/aromatic N) is 2. The van der Waals surface area contributed by atoms with Crippen molar-refractivity contribution >= 4 is 52.5 Å². The maximum Gasteiger partial charge on any atom is 0.277 e. The maximum atomic E-state index is 12.2. The molecule has 27 heavy (non-hydrogen) atoms. The molecule has 3 rings (SSSR count). The van der Waals surface area contributed by atoms with Crippen molar-refractivity contribution in [3.63, 3.8) is 0 Å². The highest BCUT2D eigenvalue weighted by molar-refractivity contribution is 7.99.